The third-order valence-corrected chi connectivity index (χ3v) is 2.99. The lowest BCUT2D eigenvalue weighted by Crippen LogP contribution is -2.20. The number of ether oxygens (including phenoxy) is 2. The number of carbonyl (C=O) groups is 2. The van der Waals surface area contributed by atoms with Gasteiger partial charge in [-0.25, -0.2) is 4.39 Å². The van der Waals surface area contributed by atoms with E-state index in [1.54, 1.807) is 31.4 Å². The van der Waals surface area contributed by atoms with Crippen LogP contribution in [0.5, 0.6) is 11.5 Å². The molecule has 6 nitrogen and oxygen atoms in total. The standard InChI is InChI=1S/C17H17FN2O4/c1-11(21)19-16-9-12(3-8-15(16)18)20-17(22)10-24-14-6-4-13(23-2)5-7-14/h3-9H,10H2,1-2H3,(H,19,21)(H,20,22). The highest BCUT2D eigenvalue weighted by Gasteiger charge is 2.08. The maximum Gasteiger partial charge on any atom is 0.262 e. The second-order valence-corrected chi connectivity index (χ2v) is 4.89. The fourth-order valence-corrected chi connectivity index (χ4v) is 1.91. The van der Waals surface area contributed by atoms with Gasteiger partial charge in [0.05, 0.1) is 12.8 Å². The number of rotatable bonds is 6. The number of anilines is 2. The Morgan fingerprint density at radius 3 is 2.33 bits per heavy atom. The van der Waals surface area contributed by atoms with Crippen LogP contribution >= 0.6 is 0 Å². The Morgan fingerprint density at radius 1 is 1.04 bits per heavy atom. The molecule has 24 heavy (non-hydrogen) atoms. The van der Waals surface area contributed by atoms with Crippen LogP contribution < -0.4 is 20.1 Å². The van der Waals surface area contributed by atoms with Gasteiger partial charge in [-0.3, -0.25) is 9.59 Å². The third-order valence-electron chi connectivity index (χ3n) is 2.99. The van der Waals surface area contributed by atoms with Gasteiger partial charge < -0.3 is 20.1 Å². The molecule has 7 heteroatoms. The molecular formula is C17H17FN2O4. The molecule has 0 atom stereocenters. The van der Waals surface area contributed by atoms with E-state index in [0.29, 0.717) is 17.2 Å². The molecule has 0 radical (unpaired) electrons. The van der Waals surface area contributed by atoms with E-state index in [1.165, 1.54) is 19.1 Å². The van der Waals surface area contributed by atoms with E-state index in [1.807, 2.05) is 0 Å². The van der Waals surface area contributed by atoms with Crippen LogP contribution in [-0.4, -0.2) is 25.5 Å². The number of carbonyl (C=O) groups excluding carboxylic acids is 2. The summed E-state index contributed by atoms with van der Waals surface area (Å²) >= 11 is 0. The zero-order chi connectivity index (χ0) is 17.5. The first-order valence-corrected chi connectivity index (χ1v) is 7.12. The summed E-state index contributed by atoms with van der Waals surface area (Å²) in [5.74, 6) is -0.197. The first-order chi connectivity index (χ1) is 11.5. The molecule has 0 aromatic heterocycles. The molecular weight excluding hydrogens is 315 g/mol. The first-order valence-electron chi connectivity index (χ1n) is 7.12. The second-order valence-electron chi connectivity index (χ2n) is 4.89. The van der Waals surface area contributed by atoms with Gasteiger partial charge in [0.1, 0.15) is 17.3 Å². The van der Waals surface area contributed by atoms with Crippen LogP contribution in [-0.2, 0) is 9.59 Å². The second kappa shape index (κ2) is 7.96. The van der Waals surface area contributed by atoms with E-state index >= 15 is 0 Å². The number of benzene rings is 2. The Balaban J connectivity index is 1.92. The lowest BCUT2D eigenvalue weighted by atomic mass is 10.2. The van der Waals surface area contributed by atoms with Gasteiger partial charge >= 0.3 is 0 Å². The molecule has 2 N–H and O–H groups in total. The lowest BCUT2D eigenvalue weighted by Gasteiger charge is -2.10. The van der Waals surface area contributed by atoms with Gasteiger partial charge in [0, 0.05) is 12.6 Å². The minimum absolute atomic E-state index is 0.00336. The molecule has 0 bridgehead atoms. The number of nitrogens with one attached hydrogen (secondary N) is 2. The van der Waals surface area contributed by atoms with Crippen molar-refractivity contribution in [1.29, 1.82) is 0 Å². The van der Waals surface area contributed by atoms with Crippen molar-refractivity contribution in [3.05, 3.63) is 48.3 Å². The van der Waals surface area contributed by atoms with Gasteiger partial charge in [-0.15, -0.1) is 0 Å². The molecule has 0 spiro atoms. The number of hydrogen-bond donors (Lipinski definition) is 2. The summed E-state index contributed by atoms with van der Waals surface area (Å²) in [7, 11) is 1.56. The van der Waals surface area contributed by atoms with Crippen LogP contribution in [0, 0.1) is 5.82 Å². The molecule has 2 amide bonds. The SMILES string of the molecule is COc1ccc(OCC(=O)Nc2ccc(F)c(NC(C)=O)c2)cc1. The molecule has 2 aromatic rings. The molecule has 126 valence electrons. The van der Waals surface area contributed by atoms with Crippen LogP contribution in [0.2, 0.25) is 0 Å². The van der Waals surface area contributed by atoms with Crippen molar-refractivity contribution in [2.45, 2.75) is 6.92 Å². The summed E-state index contributed by atoms with van der Waals surface area (Å²) in [5.41, 5.74) is 0.347. The van der Waals surface area contributed by atoms with Crippen LogP contribution in [0.3, 0.4) is 0 Å². The highest BCUT2D eigenvalue weighted by Crippen LogP contribution is 2.20. The average Bonchev–Trinajstić information content (AvgIpc) is 2.56. The summed E-state index contributed by atoms with van der Waals surface area (Å²) in [4.78, 5) is 22.9. The van der Waals surface area contributed by atoms with Gasteiger partial charge in [0.25, 0.3) is 5.91 Å². The quantitative estimate of drug-likeness (QED) is 0.853. The molecule has 2 rings (SSSR count). The summed E-state index contributed by atoms with van der Waals surface area (Å²) < 4.78 is 23.9. The zero-order valence-electron chi connectivity index (χ0n) is 13.3. The van der Waals surface area contributed by atoms with E-state index in [9.17, 15) is 14.0 Å². The Labute approximate surface area is 138 Å². The smallest absolute Gasteiger partial charge is 0.262 e. The summed E-state index contributed by atoms with van der Waals surface area (Å²) in [6.45, 7) is 1.06. The molecule has 0 unspecified atom stereocenters. The molecule has 0 aliphatic rings. The van der Waals surface area contributed by atoms with Crippen molar-refractivity contribution in [3.63, 3.8) is 0 Å². The highest BCUT2D eigenvalue weighted by molar-refractivity contribution is 5.94. The maximum absolute atomic E-state index is 13.5. The molecule has 0 aliphatic carbocycles. The van der Waals surface area contributed by atoms with E-state index in [-0.39, 0.29) is 12.3 Å². The lowest BCUT2D eigenvalue weighted by molar-refractivity contribution is -0.118. The van der Waals surface area contributed by atoms with Crippen LogP contribution in [0.4, 0.5) is 15.8 Å². The van der Waals surface area contributed by atoms with Crippen LogP contribution in [0.25, 0.3) is 0 Å². The van der Waals surface area contributed by atoms with Crippen molar-refractivity contribution < 1.29 is 23.5 Å². The van der Waals surface area contributed by atoms with Crippen molar-refractivity contribution in [1.82, 2.24) is 0 Å². The predicted octanol–water partition coefficient (Wildman–Crippen LogP) is 2.81. The third kappa shape index (κ3) is 4.98. The largest absolute Gasteiger partial charge is 0.497 e. The zero-order valence-corrected chi connectivity index (χ0v) is 13.3. The van der Waals surface area contributed by atoms with Gasteiger partial charge in [0.2, 0.25) is 5.91 Å². The molecule has 0 saturated carbocycles. The van der Waals surface area contributed by atoms with Crippen molar-refractivity contribution >= 4 is 23.2 Å². The summed E-state index contributed by atoms with van der Waals surface area (Å²) in [6, 6.07) is 10.7. The average molecular weight is 332 g/mol. The minimum Gasteiger partial charge on any atom is -0.497 e. The molecule has 2 aromatic carbocycles. The Morgan fingerprint density at radius 2 is 1.71 bits per heavy atom. The monoisotopic (exact) mass is 332 g/mol. The van der Waals surface area contributed by atoms with E-state index in [2.05, 4.69) is 10.6 Å². The van der Waals surface area contributed by atoms with Gasteiger partial charge in [-0.2, -0.15) is 0 Å². The molecule has 0 heterocycles. The topological polar surface area (TPSA) is 76.7 Å². The van der Waals surface area contributed by atoms with E-state index in [0.717, 1.165) is 6.07 Å². The number of amides is 2. The Kier molecular flexibility index (Phi) is 5.73. The van der Waals surface area contributed by atoms with E-state index in [4.69, 9.17) is 9.47 Å². The number of halogens is 1. The van der Waals surface area contributed by atoms with Crippen LogP contribution in [0.1, 0.15) is 6.92 Å². The molecule has 0 saturated heterocycles. The number of hydrogen-bond acceptors (Lipinski definition) is 4. The van der Waals surface area contributed by atoms with Gasteiger partial charge in [-0.05, 0) is 42.5 Å². The van der Waals surface area contributed by atoms with Crippen LogP contribution in [0.15, 0.2) is 42.5 Å². The van der Waals surface area contributed by atoms with Crippen molar-refractivity contribution in [3.8, 4) is 11.5 Å². The molecule has 0 aliphatic heterocycles. The first kappa shape index (κ1) is 17.3. The molecule has 0 fully saturated rings. The van der Waals surface area contributed by atoms with E-state index < -0.39 is 17.6 Å². The van der Waals surface area contributed by atoms with Gasteiger partial charge in [0.15, 0.2) is 6.61 Å². The summed E-state index contributed by atoms with van der Waals surface area (Å²) in [6.07, 6.45) is 0. The van der Waals surface area contributed by atoms with Crippen molar-refractivity contribution in [2.24, 2.45) is 0 Å². The number of methoxy groups -OCH3 is 1. The maximum atomic E-state index is 13.5. The highest BCUT2D eigenvalue weighted by atomic mass is 19.1. The normalized spacial score (nSPS) is 9.96. The Bertz CT molecular complexity index is 732. The Hall–Kier alpha value is -3.09. The fourth-order valence-electron chi connectivity index (χ4n) is 1.91. The fraction of sp³-hybridized carbons (Fsp3) is 0.176. The van der Waals surface area contributed by atoms with Gasteiger partial charge in [-0.1, -0.05) is 0 Å². The minimum atomic E-state index is -0.585. The predicted molar refractivity (Wildman–Crippen MR) is 87.8 cm³/mol. The van der Waals surface area contributed by atoms with Crippen molar-refractivity contribution in [2.75, 3.05) is 24.4 Å². The summed E-state index contributed by atoms with van der Waals surface area (Å²) in [5, 5.41) is 4.92.